The van der Waals surface area contributed by atoms with Gasteiger partial charge in [0.15, 0.2) is 0 Å². The molecule has 0 saturated carbocycles. The maximum atomic E-state index is 3.44. The Morgan fingerprint density at radius 3 is 2.26 bits per heavy atom. The third kappa shape index (κ3) is 2.87. The molecule has 0 spiro atoms. The summed E-state index contributed by atoms with van der Waals surface area (Å²) in [5.74, 6) is 0. The monoisotopic (exact) mass is 253 g/mol. The van der Waals surface area contributed by atoms with E-state index in [-0.39, 0.29) is 6.04 Å². The van der Waals surface area contributed by atoms with Gasteiger partial charge in [0.05, 0.1) is 6.04 Å². The Morgan fingerprint density at radius 2 is 1.68 bits per heavy atom. The zero-order valence-corrected chi connectivity index (χ0v) is 12.3. The molecule has 2 aromatic carbocycles. The molecule has 0 aliphatic rings. The third-order valence-corrected chi connectivity index (χ3v) is 3.97. The topological polar surface area (TPSA) is 12.0 Å². The van der Waals surface area contributed by atoms with E-state index in [0.717, 1.165) is 6.42 Å². The summed E-state index contributed by atoms with van der Waals surface area (Å²) >= 11 is 0. The zero-order valence-electron chi connectivity index (χ0n) is 12.3. The smallest absolute Gasteiger partial charge is 0.0576 e. The number of benzene rings is 2. The van der Waals surface area contributed by atoms with Crippen LogP contribution in [-0.2, 0) is 6.42 Å². The van der Waals surface area contributed by atoms with Crippen molar-refractivity contribution in [2.45, 2.75) is 33.2 Å². The van der Waals surface area contributed by atoms with Crippen LogP contribution in [-0.4, -0.2) is 7.05 Å². The molecule has 2 rings (SSSR count). The van der Waals surface area contributed by atoms with Gasteiger partial charge < -0.3 is 5.32 Å². The normalized spacial score (nSPS) is 12.4. The molecule has 2 aromatic rings. The van der Waals surface area contributed by atoms with Crippen LogP contribution in [0.15, 0.2) is 42.5 Å². The lowest BCUT2D eigenvalue weighted by Crippen LogP contribution is -2.19. The lowest BCUT2D eigenvalue weighted by molar-refractivity contribution is 0.686. The minimum Gasteiger partial charge on any atom is -0.309 e. The van der Waals surface area contributed by atoms with Gasteiger partial charge >= 0.3 is 0 Å². The summed E-state index contributed by atoms with van der Waals surface area (Å²) in [5.41, 5.74) is 6.81. The van der Waals surface area contributed by atoms with Gasteiger partial charge in [-0.2, -0.15) is 0 Å². The van der Waals surface area contributed by atoms with Crippen LogP contribution in [0.5, 0.6) is 0 Å². The highest BCUT2D eigenvalue weighted by atomic mass is 14.9. The van der Waals surface area contributed by atoms with Crippen LogP contribution in [0.1, 0.15) is 40.8 Å². The van der Waals surface area contributed by atoms with Crippen molar-refractivity contribution in [1.82, 2.24) is 5.32 Å². The first-order valence-electron chi connectivity index (χ1n) is 6.99. The van der Waals surface area contributed by atoms with E-state index in [4.69, 9.17) is 0 Å². The first-order valence-corrected chi connectivity index (χ1v) is 6.99. The van der Waals surface area contributed by atoms with Crippen molar-refractivity contribution in [3.8, 4) is 0 Å². The Hall–Kier alpha value is -1.60. The van der Waals surface area contributed by atoms with Gasteiger partial charge in [0.25, 0.3) is 0 Å². The van der Waals surface area contributed by atoms with Crippen molar-refractivity contribution in [2.24, 2.45) is 0 Å². The zero-order chi connectivity index (χ0) is 13.8. The van der Waals surface area contributed by atoms with Crippen LogP contribution in [0.2, 0.25) is 0 Å². The van der Waals surface area contributed by atoms with Crippen molar-refractivity contribution < 1.29 is 0 Å². The lowest BCUT2D eigenvalue weighted by atomic mass is 9.92. The van der Waals surface area contributed by atoms with Crippen molar-refractivity contribution in [2.75, 3.05) is 7.05 Å². The Bertz CT molecular complexity index is 540. The van der Waals surface area contributed by atoms with Crippen LogP contribution in [0.4, 0.5) is 0 Å². The number of hydrogen-bond acceptors (Lipinski definition) is 1. The fraction of sp³-hybridized carbons (Fsp3) is 0.333. The fourth-order valence-electron chi connectivity index (χ4n) is 2.53. The van der Waals surface area contributed by atoms with E-state index in [2.05, 4.69) is 68.6 Å². The van der Waals surface area contributed by atoms with Crippen molar-refractivity contribution in [1.29, 1.82) is 0 Å². The molecule has 0 amide bonds. The van der Waals surface area contributed by atoms with Crippen LogP contribution < -0.4 is 5.32 Å². The predicted octanol–water partition coefficient (Wildman–Crippen LogP) is 4.17. The number of hydrogen-bond donors (Lipinski definition) is 1. The van der Waals surface area contributed by atoms with Gasteiger partial charge in [-0.3, -0.25) is 0 Å². The van der Waals surface area contributed by atoms with E-state index in [0.29, 0.717) is 0 Å². The van der Waals surface area contributed by atoms with Crippen LogP contribution in [0, 0.1) is 13.8 Å². The molecular weight excluding hydrogens is 230 g/mol. The summed E-state index contributed by atoms with van der Waals surface area (Å²) in [4.78, 5) is 0. The molecule has 0 fully saturated rings. The minimum atomic E-state index is 0.269. The van der Waals surface area contributed by atoms with Gasteiger partial charge in [-0.05, 0) is 55.1 Å². The van der Waals surface area contributed by atoms with E-state index in [9.17, 15) is 0 Å². The minimum absolute atomic E-state index is 0.269. The molecular formula is C18H23N. The second-order valence-electron chi connectivity index (χ2n) is 5.11. The van der Waals surface area contributed by atoms with Gasteiger partial charge in [-0.15, -0.1) is 0 Å². The fourth-order valence-corrected chi connectivity index (χ4v) is 2.53. The Labute approximate surface area is 116 Å². The van der Waals surface area contributed by atoms with E-state index in [1.165, 1.54) is 27.8 Å². The molecule has 1 atom stereocenters. The maximum Gasteiger partial charge on any atom is 0.0576 e. The highest BCUT2D eigenvalue weighted by Gasteiger charge is 2.14. The maximum absolute atomic E-state index is 3.44. The van der Waals surface area contributed by atoms with Gasteiger partial charge in [0.2, 0.25) is 0 Å². The van der Waals surface area contributed by atoms with E-state index >= 15 is 0 Å². The summed E-state index contributed by atoms with van der Waals surface area (Å²) in [6, 6.07) is 15.7. The largest absolute Gasteiger partial charge is 0.309 e. The van der Waals surface area contributed by atoms with Crippen LogP contribution in [0.25, 0.3) is 0 Å². The van der Waals surface area contributed by atoms with Crippen molar-refractivity contribution in [3.63, 3.8) is 0 Å². The van der Waals surface area contributed by atoms with E-state index in [1.807, 2.05) is 7.05 Å². The molecule has 100 valence electrons. The Kier molecular flexibility index (Phi) is 4.39. The van der Waals surface area contributed by atoms with Crippen molar-refractivity contribution in [3.05, 3.63) is 70.3 Å². The number of rotatable bonds is 4. The molecule has 0 aliphatic heterocycles. The average molecular weight is 253 g/mol. The predicted molar refractivity (Wildman–Crippen MR) is 82.6 cm³/mol. The van der Waals surface area contributed by atoms with Crippen molar-refractivity contribution >= 4 is 0 Å². The molecule has 0 aromatic heterocycles. The first-order chi connectivity index (χ1) is 9.17. The lowest BCUT2D eigenvalue weighted by Gasteiger charge is -2.20. The summed E-state index contributed by atoms with van der Waals surface area (Å²) in [7, 11) is 2.03. The average Bonchev–Trinajstić information content (AvgIpc) is 2.45. The Morgan fingerprint density at radius 1 is 1.00 bits per heavy atom. The molecule has 0 saturated heterocycles. The Balaban J connectivity index is 2.40. The molecule has 1 nitrogen and oxygen atoms in total. The molecule has 0 radical (unpaired) electrons. The summed E-state index contributed by atoms with van der Waals surface area (Å²) in [5, 5.41) is 3.44. The van der Waals surface area contributed by atoms with Crippen LogP contribution >= 0.6 is 0 Å². The second-order valence-corrected chi connectivity index (χ2v) is 5.11. The molecule has 19 heavy (non-hydrogen) atoms. The molecule has 1 heteroatoms. The SMILES string of the molecule is CCc1ccc(C(NC)c2cccc(C)c2C)cc1. The third-order valence-electron chi connectivity index (χ3n) is 3.97. The molecule has 0 aliphatic carbocycles. The summed E-state index contributed by atoms with van der Waals surface area (Å²) < 4.78 is 0. The highest BCUT2D eigenvalue weighted by molar-refractivity contribution is 5.41. The molecule has 0 heterocycles. The van der Waals surface area contributed by atoms with Gasteiger partial charge in [0, 0.05) is 0 Å². The second kappa shape index (κ2) is 6.03. The number of aryl methyl sites for hydroxylation is 2. The van der Waals surface area contributed by atoms with Gasteiger partial charge in [0.1, 0.15) is 0 Å². The van der Waals surface area contributed by atoms with E-state index < -0.39 is 0 Å². The molecule has 0 bridgehead atoms. The molecule has 1 N–H and O–H groups in total. The van der Waals surface area contributed by atoms with Gasteiger partial charge in [-0.25, -0.2) is 0 Å². The first kappa shape index (κ1) is 13.8. The summed E-state index contributed by atoms with van der Waals surface area (Å²) in [6.07, 6.45) is 1.09. The highest BCUT2D eigenvalue weighted by Crippen LogP contribution is 2.26. The summed E-state index contributed by atoms with van der Waals surface area (Å²) in [6.45, 7) is 6.57. The quantitative estimate of drug-likeness (QED) is 0.862. The van der Waals surface area contributed by atoms with Crippen LogP contribution in [0.3, 0.4) is 0 Å². The standard InChI is InChI=1S/C18H23N/c1-5-15-9-11-16(12-10-15)18(19-4)17-8-6-7-13(2)14(17)3/h6-12,18-19H,5H2,1-4H3. The molecule has 1 unspecified atom stereocenters. The van der Waals surface area contributed by atoms with E-state index in [1.54, 1.807) is 0 Å². The van der Waals surface area contributed by atoms with Gasteiger partial charge in [-0.1, -0.05) is 49.4 Å². The number of nitrogens with one attached hydrogen (secondary N) is 1.